The van der Waals surface area contributed by atoms with Crippen molar-refractivity contribution < 1.29 is 9.18 Å². The van der Waals surface area contributed by atoms with Gasteiger partial charge in [-0.25, -0.2) is 14.2 Å². The molecule has 0 atom stereocenters. The minimum absolute atomic E-state index is 0.0508. The van der Waals surface area contributed by atoms with Crippen LogP contribution in [0.1, 0.15) is 42.1 Å². The number of Topliss-reactive ketones (excluding diaryl/α,β-unsaturated/α-hetero) is 1. The number of anilines is 1. The third kappa shape index (κ3) is 6.07. The molecule has 3 aromatic rings. The average molecular weight is 471 g/mol. The van der Waals surface area contributed by atoms with E-state index in [0.717, 1.165) is 36.9 Å². The van der Waals surface area contributed by atoms with E-state index < -0.39 is 11.2 Å². The normalized spacial score (nSPS) is 13.9. The molecule has 34 heavy (non-hydrogen) atoms. The van der Waals surface area contributed by atoms with E-state index >= 15 is 0 Å². The van der Waals surface area contributed by atoms with Gasteiger partial charge in [-0.3, -0.25) is 23.6 Å². The molecule has 0 aliphatic carbocycles. The van der Waals surface area contributed by atoms with Crippen LogP contribution in [0.4, 0.5) is 10.2 Å². The number of nitrogens with zero attached hydrogens (tertiary/aromatic N) is 5. The van der Waals surface area contributed by atoms with Gasteiger partial charge in [0, 0.05) is 26.0 Å². The molecular formula is C24H31FN6O3. The number of halogens is 1. The fourth-order valence-corrected chi connectivity index (χ4v) is 3.91. The van der Waals surface area contributed by atoms with Crippen LogP contribution in [-0.2, 0) is 20.1 Å². The van der Waals surface area contributed by atoms with Gasteiger partial charge in [0.25, 0.3) is 5.56 Å². The third-order valence-corrected chi connectivity index (χ3v) is 5.77. The van der Waals surface area contributed by atoms with Gasteiger partial charge in [-0.1, -0.05) is 18.6 Å². The summed E-state index contributed by atoms with van der Waals surface area (Å²) in [5, 5.41) is 0. The summed E-state index contributed by atoms with van der Waals surface area (Å²) in [6, 6.07) is 5.65. The van der Waals surface area contributed by atoms with Gasteiger partial charge >= 0.3 is 5.69 Å². The molecule has 10 heteroatoms. The van der Waals surface area contributed by atoms with Gasteiger partial charge in [-0.15, -0.1) is 0 Å². The molecule has 1 fully saturated rings. The first-order valence-corrected chi connectivity index (χ1v) is 11.4. The lowest BCUT2D eigenvalue weighted by Crippen LogP contribution is -2.45. The number of aromatic nitrogens is 4. The quantitative estimate of drug-likeness (QED) is 0.551. The van der Waals surface area contributed by atoms with Crippen LogP contribution >= 0.6 is 0 Å². The number of hydrogen-bond donors (Lipinski definition) is 1. The maximum Gasteiger partial charge on any atom is 0.332 e. The number of likely N-dealkylation sites (tertiary alicyclic amines) is 1. The molecule has 1 aliphatic heterocycles. The second kappa shape index (κ2) is 11.6. The van der Waals surface area contributed by atoms with Crippen molar-refractivity contribution >= 4 is 11.6 Å². The molecule has 1 saturated heterocycles. The molecule has 4 rings (SSSR count). The SMILES string of the molecule is CCn1c(=O)c(C(=O)CN2CCCCC2)c(N)n(Cc2ccc(F)cc2)c1=O.Cn1ccnc1. The van der Waals surface area contributed by atoms with Crippen molar-refractivity contribution in [3.8, 4) is 0 Å². The predicted octanol–water partition coefficient (Wildman–Crippen LogP) is 1.89. The maximum atomic E-state index is 13.2. The lowest BCUT2D eigenvalue weighted by atomic mass is 10.1. The number of rotatable bonds is 6. The number of carbonyl (C=O) groups excluding carboxylic acids is 1. The van der Waals surface area contributed by atoms with Crippen LogP contribution in [-0.4, -0.2) is 49.0 Å². The molecule has 1 aliphatic rings. The standard InChI is InChI=1S/C20H25FN4O3.C4H6N2/c1-2-24-19(27)17(16(26)13-23-10-4-3-5-11-23)18(22)25(20(24)28)12-14-6-8-15(21)9-7-14;1-6-3-2-5-4-6/h6-9H,2-5,10-13,22H2,1H3;2-4H,1H3. The largest absolute Gasteiger partial charge is 0.384 e. The van der Waals surface area contributed by atoms with Gasteiger partial charge in [0.05, 0.1) is 19.4 Å². The number of piperidine rings is 1. The van der Waals surface area contributed by atoms with Gasteiger partial charge in [0.1, 0.15) is 17.2 Å². The molecule has 0 amide bonds. The van der Waals surface area contributed by atoms with Gasteiger partial charge in [-0.2, -0.15) is 0 Å². The summed E-state index contributed by atoms with van der Waals surface area (Å²) in [6.07, 6.45) is 8.57. The van der Waals surface area contributed by atoms with Crippen molar-refractivity contribution in [3.63, 3.8) is 0 Å². The van der Waals surface area contributed by atoms with E-state index in [2.05, 4.69) is 4.98 Å². The Morgan fingerprint density at radius 1 is 1.09 bits per heavy atom. The maximum absolute atomic E-state index is 13.2. The van der Waals surface area contributed by atoms with Crippen molar-refractivity contribution in [3.05, 3.63) is 80.8 Å². The zero-order valence-corrected chi connectivity index (χ0v) is 19.6. The zero-order valence-electron chi connectivity index (χ0n) is 19.6. The van der Waals surface area contributed by atoms with E-state index in [9.17, 15) is 18.8 Å². The fourth-order valence-electron chi connectivity index (χ4n) is 3.91. The van der Waals surface area contributed by atoms with Crippen LogP contribution in [0.2, 0.25) is 0 Å². The topological polar surface area (TPSA) is 108 Å². The molecule has 3 heterocycles. The Morgan fingerprint density at radius 2 is 1.76 bits per heavy atom. The fraction of sp³-hybridized carbons (Fsp3) is 0.417. The smallest absolute Gasteiger partial charge is 0.332 e. The van der Waals surface area contributed by atoms with Crippen molar-refractivity contribution in [1.82, 2.24) is 23.6 Å². The molecule has 2 N–H and O–H groups in total. The second-order valence-electron chi connectivity index (χ2n) is 8.29. The molecule has 0 spiro atoms. The lowest BCUT2D eigenvalue weighted by molar-refractivity contribution is 0.0913. The summed E-state index contributed by atoms with van der Waals surface area (Å²) in [5.41, 5.74) is 5.40. The van der Waals surface area contributed by atoms with Crippen LogP contribution in [0.15, 0.2) is 52.6 Å². The van der Waals surface area contributed by atoms with Crippen LogP contribution in [0.25, 0.3) is 0 Å². The number of ketones is 1. The minimum atomic E-state index is -0.651. The van der Waals surface area contributed by atoms with E-state index in [1.807, 2.05) is 22.7 Å². The summed E-state index contributed by atoms with van der Waals surface area (Å²) < 4.78 is 17.3. The Hall–Kier alpha value is -3.53. The predicted molar refractivity (Wildman–Crippen MR) is 128 cm³/mol. The molecule has 0 bridgehead atoms. The minimum Gasteiger partial charge on any atom is -0.384 e. The molecule has 0 radical (unpaired) electrons. The Morgan fingerprint density at radius 3 is 2.29 bits per heavy atom. The van der Waals surface area contributed by atoms with Crippen LogP contribution in [0.3, 0.4) is 0 Å². The van der Waals surface area contributed by atoms with Crippen LogP contribution < -0.4 is 17.0 Å². The Balaban J connectivity index is 0.000000469. The number of nitrogens with two attached hydrogens (primary N) is 1. The summed E-state index contributed by atoms with van der Waals surface area (Å²) >= 11 is 0. The number of carbonyl (C=O) groups is 1. The first kappa shape index (κ1) is 25.1. The summed E-state index contributed by atoms with van der Waals surface area (Å²) in [5.74, 6) is -0.898. The molecule has 2 aromatic heterocycles. The van der Waals surface area contributed by atoms with E-state index in [4.69, 9.17) is 5.73 Å². The molecule has 9 nitrogen and oxygen atoms in total. The highest BCUT2D eigenvalue weighted by Crippen LogP contribution is 2.13. The monoisotopic (exact) mass is 470 g/mol. The van der Waals surface area contributed by atoms with Crippen molar-refractivity contribution in [1.29, 1.82) is 0 Å². The highest BCUT2D eigenvalue weighted by Gasteiger charge is 2.24. The number of aryl methyl sites for hydroxylation is 1. The Bertz CT molecular complexity index is 1210. The molecule has 0 unspecified atom stereocenters. The lowest BCUT2D eigenvalue weighted by Gasteiger charge is -2.26. The zero-order chi connectivity index (χ0) is 24.7. The van der Waals surface area contributed by atoms with Crippen molar-refractivity contribution in [2.24, 2.45) is 7.05 Å². The van der Waals surface area contributed by atoms with Crippen LogP contribution in [0.5, 0.6) is 0 Å². The second-order valence-corrected chi connectivity index (χ2v) is 8.29. The first-order valence-electron chi connectivity index (χ1n) is 11.4. The average Bonchev–Trinajstić information content (AvgIpc) is 3.30. The molecule has 182 valence electrons. The van der Waals surface area contributed by atoms with E-state index in [1.165, 1.54) is 28.8 Å². The van der Waals surface area contributed by atoms with E-state index in [0.29, 0.717) is 5.56 Å². The van der Waals surface area contributed by atoms with Gasteiger partial charge in [0.2, 0.25) is 0 Å². The number of imidazole rings is 1. The Labute approximate surface area is 197 Å². The van der Waals surface area contributed by atoms with Gasteiger partial charge in [0.15, 0.2) is 5.78 Å². The highest BCUT2D eigenvalue weighted by molar-refractivity contribution is 6.01. The Kier molecular flexibility index (Phi) is 8.53. The van der Waals surface area contributed by atoms with Gasteiger partial charge in [-0.05, 0) is 50.6 Å². The highest BCUT2D eigenvalue weighted by atomic mass is 19.1. The summed E-state index contributed by atoms with van der Waals surface area (Å²) in [4.78, 5) is 44.2. The van der Waals surface area contributed by atoms with Crippen LogP contribution in [0, 0.1) is 5.82 Å². The van der Waals surface area contributed by atoms with Crippen molar-refractivity contribution in [2.75, 3.05) is 25.4 Å². The number of benzene rings is 1. The number of nitrogen functional groups attached to an aromatic ring is 1. The van der Waals surface area contributed by atoms with Crippen molar-refractivity contribution in [2.45, 2.75) is 39.3 Å². The van der Waals surface area contributed by atoms with E-state index in [-0.39, 0.29) is 42.6 Å². The van der Waals surface area contributed by atoms with Gasteiger partial charge < -0.3 is 10.3 Å². The molecule has 0 saturated carbocycles. The molecule has 1 aromatic carbocycles. The summed E-state index contributed by atoms with van der Waals surface area (Å²) in [7, 11) is 1.94. The summed E-state index contributed by atoms with van der Waals surface area (Å²) in [6.45, 7) is 3.57. The molecular weight excluding hydrogens is 439 g/mol. The van der Waals surface area contributed by atoms with E-state index in [1.54, 1.807) is 19.4 Å². The first-order chi connectivity index (χ1) is 16.3. The third-order valence-electron chi connectivity index (χ3n) is 5.77. The number of hydrogen-bond acceptors (Lipinski definition) is 6.